The molecule has 1 N–H and O–H groups in total. The standard InChI is InChI=1S/C25H24N2O5/c1-17-8-7-9-18(2)24(17)31-16-23(28)27-26-15-19-12-13-21(22(14-19)30-3)32-25(29)20-10-5-4-6-11-20/h4-15H,16H2,1-3H3,(H,27,28). The summed E-state index contributed by atoms with van der Waals surface area (Å²) in [6, 6.07) is 19.4. The van der Waals surface area contributed by atoms with Crippen molar-refractivity contribution in [3.8, 4) is 17.2 Å². The van der Waals surface area contributed by atoms with Crippen LogP contribution in [0.2, 0.25) is 0 Å². The number of esters is 1. The van der Waals surface area contributed by atoms with Gasteiger partial charge in [-0.3, -0.25) is 4.79 Å². The van der Waals surface area contributed by atoms with Crippen molar-refractivity contribution < 1.29 is 23.8 Å². The Balaban J connectivity index is 1.57. The monoisotopic (exact) mass is 432 g/mol. The van der Waals surface area contributed by atoms with Crippen molar-refractivity contribution >= 4 is 18.1 Å². The molecule has 0 saturated carbocycles. The lowest BCUT2D eigenvalue weighted by atomic mass is 10.1. The number of methoxy groups -OCH3 is 1. The average molecular weight is 432 g/mol. The normalized spacial score (nSPS) is 10.6. The fourth-order valence-corrected chi connectivity index (χ4v) is 2.96. The minimum absolute atomic E-state index is 0.152. The molecule has 3 rings (SSSR count). The Morgan fingerprint density at radius 2 is 1.66 bits per heavy atom. The molecule has 0 unspecified atom stereocenters. The van der Waals surface area contributed by atoms with Gasteiger partial charge in [0.05, 0.1) is 18.9 Å². The summed E-state index contributed by atoms with van der Waals surface area (Å²) < 4.78 is 16.3. The van der Waals surface area contributed by atoms with E-state index in [1.54, 1.807) is 42.5 Å². The zero-order valence-electron chi connectivity index (χ0n) is 18.1. The van der Waals surface area contributed by atoms with Crippen molar-refractivity contribution in [2.45, 2.75) is 13.8 Å². The minimum Gasteiger partial charge on any atom is -0.493 e. The second-order valence-corrected chi connectivity index (χ2v) is 6.97. The number of rotatable bonds is 8. The van der Waals surface area contributed by atoms with Gasteiger partial charge in [-0.25, -0.2) is 10.2 Å². The lowest BCUT2D eigenvalue weighted by Gasteiger charge is -2.11. The van der Waals surface area contributed by atoms with Gasteiger partial charge in [-0.05, 0) is 60.9 Å². The Hall–Kier alpha value is -4.13. The summed E-state index contributed by atoms with van der Waals surface area (Å²) in [6.45, 7) is 3.69. The van der Waals surface area contributed by atoms with Gasteiger partial charge in [0.15, 0.2) is 18.1 Å². The van der Waals surface area contributed by atoms with E-state index in [-0.39, 0.29) is 18.3 Å². The third-order valence-corrected chi connectivity index (χ3v) is 4.56. The molecule has 0 atom stereocenters. The molecule has 0 spiro atoms. The van der Waals surface area contributed by atoms with Gasteiger partial charge in [0.1, 0.15) is 5.75 Å². The molecule has 0 aromatic heterocycles. The van der Waals surface area contributed by atoms with Gasteiger partial charge in [0.2, 0.25) is 0 Å². The summed E-state index contributed by atoms with van der Waals surface area (Å²) in [5, 5.41) is 3.94. The maximum atomic E-state index is 12.3. The summed E-state index contributed by atoms with van der Waals surface area (Å²) in [4.78, 5) is 24.3. The summed E-state index contributed by atoms with van der Waals surface area (Å²) in [6.07, 6.45) is 1.46. The Morgan fingerprint density at radius 1 is 0.938 bits per heavy atom. The van der Waals surface area contributed by atoms with Crippen LogP contribution in [0.25, 0.3) is 0 Å². The number of ether oxygens (including phenoxy) is 3. The molecular weight excluding hydrogens is 408 g/mol. The van der Waals surface area contributed by atoms with E-state index >= 15 is 0 Å². The average Bonchev–Trinajstić information content (AvgIpc) is 2.80. The maximum absolute atomic E-state index is 12.3. The van der Waals surface area contributed by atoms with Gasteiger partial charge in [-0.2, -0.15) is 5.10 Å². The van der Waals surface area contributed by atoms with Gasteiger partial charge in [0.25, 0.3) is 5.91 Å². The number of hydrogen-bond acceptors (Lipinski definition) is 6. The first kappa shape index (κ1) is 22.6. The number of carbonyl (C=O) groups excluding carboxylic acids is 2. The molecule has 0 heterocycles. The van der Waals surface area contributed by atoms with E-state index in [1.807, 2.05) is 38.1 Å². The first-order chi connectivity index (χ1) is 15.5. The van der Waals surface area contributed by atoms with E-state index in [4.69, 9.17) is 14.2 Å². The molecule has 0 aliphatic heterocycles. The van der Waals surface area contributed by atoms with Gasteiger partial charge in [-0.15, -0.1) is 0 Å². The molecule has 32 heavy (non-hydrogen) atoms. The molecule has 0 aliphatic carbocycles. The van der Waals surface area contributed by atoms with Gasteiger partial charge in [0, 0.05) is 0 Å². The summed E-state index contributed by atoms with van der Waals surface area (Å²) in [5.74, 6) is 0.468. The summed E-state index contributed by atoms with van der Waals surface area (Å²) >= 11 is 0. The highest BCUT2D eigenvalue weighted by Crippen LogP contribution is 2.28. The predicted molar refractivity (Wildman–Crippen MR) is 122 cm³/mol. The number of hydrogen-bond donors (Lipinski definition) is 1. The fraction of sp³-hybridized carbons (Fsp3) is 0.160. The quantitative estimate of drug-likeness (QED) is 0.251. The van der Waals surface area contributed by atoms with Crippen molar-refractivity contribution in [2.24, 2.45) is 5.10 Å². The maximum Gasteiger partial charge on any atom is 0.343 e. The molecule has 7 nitrogen and oxygen atoms in total. The van der Waals surface area contributed by atoms with E-state index in [2.05, 4.69) is 10.5 Å². The third-order valence-electron chi connectivity index (χ3n) is 4.56. The molecule has 0 radical (unpaired) electrons. The van der Waals surface area contributed by atoms with Crippen LogP contribution in [0.3, 0.4) is 0 Å². The Bertz CT molecular complexity index is 1110. The van der Waals surface area contributed by atoms with Crippen LogP contribution < -0.4 is 19.6 Å². The molecule has 0 saturated heterocycles. The van der Waals surface area contributed by atoms with Crippen LogP contribution in [0.4, 0.5) is 0 Å². The smallest absolute Gasteiger partial charge is 0.343 e. The van der Waals surface area contributed by atoms with Gasteiger partial charge >= 0.3 is 5.97 Å². The van der Waals surface area contributed by atoms with E-state index in [0.29, 0.717) is 22.6 Å². The lowest BCUT2D eigenvalue weighted by Crippen LogP contribution is -2.25. The van der Waals surface area contributed by atoms with Crippen molar-refractivity contribution in [1.29, 1.82) is 0 Å². The highest BCUT2D eigenvalue weighted by atomic mass is 16.6. The van der Waals surface area contributed by atoms with Crippen LogP contribution in [-0.4, -0.2) is 31.8 Å². The van der Waals surface area contributed by atoms with Gasteiger partial charge < -0.3 is 14.2 Å². The summed E-state index contributed by atoms with van der Waals surface area (Å²) in [7, 11) is 1.47. The molecule has 3 aromatic carbocycles. The number of carbonyl (C=O) groups is 2. The zero-order valence-corrected chi connectivity index (χ0v) is 18.1. The Kier molecular flexibility index (Phi) is 7.59. The van der Waals surface area contributed by atoms with E-state index in [0.717, 1.165) is 11.1 Å². The zero-order chi connectivity index (χ0) is 22.9. The van der Waals surface area contributed by atoms with Crippen molar-refractivity contribution in [3.05, 3.63) is 89.0 Å². The van der Waals surface area contributed by atoms with E-state index in [9.17, 15) is 9.59 Å². The minimum atomic E-state index is -0.485. The lowest BCUT2D eigenvalue weighted by molar-refractivity contribution is -0.123. The van der Waals surface area contributed by atoms with Crippen LogP contribution in [0.1, 0.15) is 27.0 Å². The van der Waals surface area contributed by atoms with Crippen LogP contribution in [0.5, 0.6) is 17.2 Å². The largest absolute Gasteiger partial charge is 0.493 e. The Morgan fingerprint density at radius 3 is 2.34 bits per heavy atom. The first-order valence-corrected chi connectivity index (χ1v) is 9.94. The number of aryl methyl sites for hydroxylation is 2. The van der Waals surface area contributed by atoms with Crippen LogP contribution in [0.15, 0.2) is 71.8 Å². The summed E-state index contributed by atoms with van der Waals surface area (Å²) in [5.41, 5.74) is 5.43. The van der Waals surface area contributed by atoms with Crippen LogP contribution in [-0.2, 0) is 4.79 Å². The van der Waals surface area contributed by atoms with Crippen LogP contribution in [0, 0.1) is 13.8 Å². The van der Waals surface area contributed by atoms with Gasteiger partial charge in [-0.1, -0.05) is 36.4 Å². The number of nitrogens with zero attached hydrogens (tertiary/aromatic N) is 1. The number of hydrazone groups is 1. The SMILES string of the molecule is COc1cc(C=NNC(=O)COc2c(C)cccc2C)ccc1OC(=O)c1ccccc1. The molecule has 0 aliphatic rings. The van der Waals surface area contributed by atoms with Crippen molar-refractivity contribution in [2.75, 3.05) is 13.7 Å². The number of benzene rings is 3. The van der Waals surface area contributed by atoms with E-state index in [1.165, 1.54) is 13.3 Å². The molecule has 164 valence electrons. The molecule has 7 heteroatoms. The highest BCUT2D eigenvalue weighted by molar-refractivity contribution is 5.91. The second kappa shape index (κ2) is 10.8. The highest BCUT2D eigenvalue weighted by Gasteiger charge is 2.12. The van der Waals surface area contributed by atoms with Crippen LogP contribution >= 0.6 is 0 Å². The molecule has 0 fully saturated rings. The fourth-order valence-electron chi connectivity index (χ4n) is 2.96. The molecular formula is C25H24N2O5. The second-order valence-electron chi connectivity index (χ2n) is 6.97. The first-order valence-electron chi connectivity index (χ1n) is 9.94. The van der Waals surface area contributed by atoms with E-state index < -0.39 is 5.97 Å². The molecule has 3 aromatic rings. The predicted octanol–water partition coefficient (Wildman–Crippen LogP) is 4.06. The number of nitrogens with one attached hydrogen (secondary N) is 1. The number of para-hydroxylation sites is 1. The molecule has 1 amide bonds. The topological polar surface area (TPSA) is 86.2 Å². The van der Waals surface area contributed by atoms with Crippen molar-refractivity contribution in [1.82, 2.24) is 5.43 Å². The number of amides is 1. The third kappa shape index (κ3) is 5.95. The molecule has 0 bridgehead atoms. The van der Waals surface area contributed by atoms with Crippen molar-refractivity contribution in [3.63, 3.8) is 0 Å². The Labute approximate surface area is 186 Å².